The Balaban J connectivity index is 2.00. The van der Waals surface area contributed by atoms with Crippen LogP contribution >= 0.6 is 0 Å². The third-order valence-corrected chi connectivity index (χ3v) is 5.13. The van der Waals surface area contributed by atoms with E-state index in [4.69, 9.17) is 5.73 Å². The van der Waals surface area contributed by atoms with Crippen molar-refractivity contribution in [1.82, 2.24) is 5.32 Å². The van der Waals surface area contributed by atoms with E-state index in [-0.39, 0.29) is 17.7 Å². The van der Waals surface area contributed by atoms with Crippen molar-refractivity contribution in [3.05, 3.63) is 65.7 Å². The number of benzene rings is 2. The van der Waals surface area contributed by atoms with Crippen LogP contribution in [0.25, 0.3) is 0 Å². The van der Waals surface area contributed by atoms with Crippen LogP contribution in [0.15, 0.2) is 59.5 Å². The number of rotatable bonds is 7. The van der Waals surface area contributed by atoms with Gasteiger partial charge < -0.3 is 11.1 Å². The van der Waals surface area contributed by atoms with Crippen LogP contribution in [0.2, 0.25) is 0 Å². The fourth-order valence-corrected chi connectivity index (χ4v) is 3.40. The number of nitrogens with two attached hydrogens (primary N) is 1. The van der Waals surface area contributed by atoms with Crippen molar-refractivity contribution in [1.29, 1.82) is 0 Å². The summed E-state index contributed by atoms with van der Waals surface area (Å²) in [5, 5.41) is 2.37. The molecule has 0 radical (unpaired) electrons. The van der Waals surface area contributed by atoms with Gasteiger partial charge in [0, 0.05) is 16.2 Å². The van der Waals surface area contributed by atoms with Crippen LogP contribution in [0.4, 0.5) is 13.2 Å². The summed E-state index contributed by atoms with van der Waals surface area (Å²) in [6, 6.07) is 11.1. The molecule has 0 aliphatic rings. The minimum absolute atomic E-state index is 0.0310. The van der Waals surface area contributed by atoms with Crippen LogP contribution in [-0.2, 0) is 21.8 Å². The molecular weight excluding hydrogens is 381 g/mol. The van der Waals surface area contributed by atoms with Crippen LogP contribution in [0.3, 0.4) is 0 Å². The minimum Gasteiger partial charge on any atom is -0.368 e. The fraction of sp³-hybridized carbons (Fsp3) is 0.222. The summed E-state index contributed by atoms with van der Waals surface area (Å²) in [6.45, 7) is 0. The molecule has 0 unspecified atom stereocenters. The highest BCUT2D eigenvalue weighted by atomic mass is 32.2. The van der Waals surface area contributed by atoms with E-state index in [1.165, 1.54) is 0 Å². The molecule has 144 valence electrons. The SMILES string of the molecule is NC(=O)[C@@H](CC[S@@](=O)c1ccccc1)NC(=O)c1ccc(C(F)(F)F)cc1. The normalized spacial score (nSPS) is 13.6. The molecule has 2 rings (SSSR count). The molecule has 0 bridgehead atoms. The summed E-state index contributed by atoms with van der Waals surface area (Å²) < 4.78 is 49.9. The van der Waals surface area contributed by atoms with E-state index >= 15 is 0 Å². The molecule has 0 heterocycles. The van der Waals surface area contributed by atoms with Gasteiger partial charge in [-0.25, -0.2) is 0 Å². The predicted molar refractivity (Wildman–Crippen MR) is 94.2 cm³/mol. The van der Waals surface area contributed by atoms with Crippen LogP contribution in [0.1, 0.15) is 22.3 Å². The average Bonchev–Trinajstić information content (AvgIpc) is 2.64. The van der Waals surface area contributed by atoms with Crippen molar-refractivity contribution in [2.75, 3.05) is 5.75 Å². The first-order chi connectivity index (χ1) is 12.7. The maximum absolute atomic E-state index is 12.6. The van der Waals surface area contributed by atoms with E-state index in [1.807, 2.05) is 0 Å². The molecule has 0 aromatic heterocycles. The molecule has 2 aromatic rings. The highest BCUT2D eigenvalue weighted by Crippen LogP contribution is 2.29. The number of hydrogen-bond acceptors (Lipinski definition) is 3. The summed E-state index contributed by atoms with van der Waals surface area (Å²) >= 11 is 0. The Labute approximate surface area is 156 Å². The molecule has 3 N–H and O–H groups in total. The van der Waals surface area contributed by atoms with E-state index < -0.39 is 40.4 Å². The van der Waals surface area contributed by atoms with Crippen LogP contribution in [0, 0.1) is 0 Å². The highest BCUT2D eigenvalue weighted by Gasteiger charge is 2.30. The van der Waals surface area contributed by atoms with Gasteiger partial charge in [-0.3, -0.25) is 13.8 Å². The van der Waals surface area contributed by atoms with Gasteiger partial charge in [-0.15, -0.1) is 0 Å². The van der Waals surface area contributed by atoms with Gasteiger partial charge in [0.15, 0.2) is 0 Å². The topological polar surface area (TPSA) is 89.3 Å². The Morgan fingerprint density at radius 1 is 1.04 bits per heavy atom. The first-order valence-corrected chi connectivity index (χ1v) is 9.21. The largest absolute Gasteiger partial charge is 0.416 e. The van der Waals surface area contributed by atoms with Crippen molar-refractivity contribution in [2.24, 2.45) is 5.73 Å². The molecule has 2 amide bonds. The van der Waals surface area contributed by atoms with Crippen molar-refractivity contribution in [3.63, 3.8) is 0 Å². The molecule has 0 aliphatic heterocycles. The van der Waals surface area contributed by atoms with Crippen LogP contribution < -0.4 is 11.1 Å². The molecule has 0 fully saturated rings. The van der Waals surface area contributed by atoms with Crippen molar-refractivity contribution in [3.8, 4) is 0 Å². The molecule has 2 atom stereocenters. The van der Waals surface area contributed by atoms with Gasteiger partial charge >= 0.3 is 6.18 Å². The lowest BCUT2D eigenvalue weighted by molar-refractivity contribution is -0.137. The Morgan fingerprint density at radius 3 is 2.15 bits per heavy atom. The van der Waals surface area contributed by atoms with E-state index in [1.54, 1.807) is 30.3 Å². The quantitative estimate of drug-likeness (QED) is 0.751. The second kappa shape index (κ2) is 8.81. The second-order valence-electron chi connectivity index (χ2n) is 5.65. The Hall–Kier alpha value is -2.68. The van der Waals surface area contributed by atoms with Gasteiger partial charge in [0.1, 0.15) is 6.04 Å². The minimum atomic E-state index is -4.51. The van der Waals surface area contributed by atoms with E-state index in [2.05, 4.69) is 5.32 Å². The molecule has 0 saturated carbocycles. The molecule has 27 heavy (non-hydrogen) atoms. The fourth-order valence-electron chi connectivity index (χ4n) is 2.25. The van der Waals surface area contributed by atoms with Gasteiger partial charge in [-0.1, -0.05) is 18.2 Å². The van der Waals surface area contributed by atoms with E-state index in [0.717, 1.165) is 24.3 Å². The summed E-state index contributed by atoms with van der Waals surface area (Å²) in [7, 11) is -1.38. The van der Waals surface area contributed by atoms with Gasteiger partial charge in [0.25, 0.3) is 5.91 Å². The third kappa shape index (κ3) is 5.92. The summed E-state index contributed by atoms with van der Waals surface area (Å²) in [5.74, 6) is -1.47. The lowest BCUT2D eigenvalue weighted by Gasteiger charge is -2.15. The zero-order chi connectivity index (χ0) is 20.0. The lowest BCUT2D eigenvalue weighted by atomic mass is 10.1. The Morgan fingerprint density at radius 2 is 1.63 bits per heavy atom. The lowest BCUT2D eigenvalue weighted by Crippen LogP contribution is -2.45. The van der Waals surface area contributed by atoms with Gasteiger partial charge in [-0.05, 0) is 42.8 Å². The number of alkyl halides is 3. The van der Waals surface area contributed by atoms with Crippen molar-refractivity contribution in [2.45, 2.75) is 23.5 Å². The second-order valence-corrected chi connectivity index (χ2v) is 7.23. The monoisotopic (exact) mass is 398 g/mol. The van der Waals surface area contributed by atoms with Gasteiger partial charge in [0.2, 0.25) is 5.91 Å². The molecule has 2 aromatic carbocycles. The molecule has 0 spiro atoms. The van der Waals surface area contributed by atoms with Crippen LogP contribution in [0.5, 0.6) is 0 Å². The standard InChI is InChI=1S/C18H17F3N2O3S/c19-18(20,21)13-8-6-12(7-9-13)17(25)23-15(16(22)24)10-11-27(26)14-4-2-1-3-5-14/h1-9,15H,10-11H2,(H2,22,24)(H,23,25)/t15-,27-/m1/s1. The molecule has 5 nitrogen and oxygen atoms in total. The van der Waals surface area contributed by atoms with Crippen molar-refractivity contribution >= 4 is 22.6 Å². The predicted octanol–water partition coefficient (Wildman–Crippen LogP) is 2.49. The van der Waals surface area contributed by atoms with E-state index in [9.17, 15) is 27.0 Å². The number of nitrogens with one attached hydrogen (secondary N) is 1. The number of carbonyl (C=O) groups is 2. The van der Waals surface area contributed by atoms with Gasteiger partial charge in [-0.2, -0.15) is 13.2 Å². The maximum atomic E-state index is 12.6. The molecular formula is C18H17F3N2O3S. The molecule has 0 saturated heterocycles. The summed E-state index contributed by atoms with van der Waals surface area (Å²) in [4.78, 5) is 24.3. The number of carbonyl (C=O) groups excluding carboxylic acids is 2. The molecule has 9 heteroatoms. The summed E-state index contributed by atoms with van der Waals surface area (Å²) in [5.41, 5.74) is 4.34. The zero-order valence-electron chi connectivity index (χ0n) is 14.0. The maximum Gasteiger partial charge on any atom is 0.416 e. The number of amides is 2. The van der Waals surface area contributed by atoms with Crippen molar-refractivity contribution < 1.29 is 27.0 Å². The molecule has 0 aliphatic carbocycles. The zero-order valence-corrected chi connectivity index (χ0v) is 14.8. The van der Waals surface area contributed by atoms with E-state index in [0.29, 0.717) is 4.90 Å². The first kappa shape index (κ1) is 20.6. The average molecular weight is 398 g/mol. The van der Waals surface area contributed by atoms with Gasteiger partial charge in [0.05, 0.1) is 16.4 Å². The number of hydrogen-bond donors (Lipinski definition) is 2. The Bertz CT molecular complexity index is 824. The third-order valence-electron chi connectivity index (χ3n) is 3.72. The highest BCUT2D eigenvalue weighted by molar-refractivity contribution is 7.85. The Kier molecular flexibility index (Phi) is 6.73. The number of halogens is 3. The first-order valence-electron chi connectivity index (χ1n) is 7.89. The number of primary amides is 1. The smallest absolute Gasteiger partial charge is 0.368 e. The summed E-state index contributed by atoms with van der Waals surface area (Å²) in [6.07, 6.45) is -4.48. The van der Waals surface area contributed by atoms with Crippen LogP contribution in [-0.4, -0.2) is 27.8 Å².